The fourth-order valence-electron chi connectivity index (χ4n) is 0.106. The van der Waals surface area contributed by atoms with E-state index in [1.165, 1.54) is 0 Å². The number of halogens is 1. The van der Waals surface area contributed by atoms with Crippen molar-refractivity contribution in [3.05, 3.63) is 0 Å². The Kier molecular flexibility index (Phi) is 4.95. The zero-order valence-corrected chi connectivity index (χ0v) is 6.10. The normalized spacial score (nSPS) is 8.75. The van der Waals surface area contributed by atoms with Gasteiger partial charge in [-0.05, 0) is 0 Å². The van der Waals surface area contributed by atoms with E-state index in [1.54, 1.807) is 0 Å². The van der Waals surface area contributed by atoms with Gasteiger partial charge in [0.05, 0.1) is 0 Å². The van der Waals surface area contributed by atoms with Crippen LogP contribution in [0.5, 0.6) is 0 Å². The third-order valence-corrected chi connectivity index (χ3v) is 0.928. The number of urea groups is 1. The van der Waals surface area contributed by atoms with Crippen molar-refractivity contribution in [1.29, 1.82) is 0 Å². The van der Waals surface area contributed by atoms with Gasteiger partial charge >= 0.3 is 56.9 Å². The molecule has 0 saturated carbocycles. The first kappa shape index (κ1) is 7.88. The first-order valence-electron chi connectivity index (χ1n) is 1.65. The van der Waals surface area contributed by atoms with Crippen LogP contribution < -0.4 is 46.0 Å². The Morgan fingerprint density at radius 3 is 2.62 bits per heavy atom. The van der Waals surface area contributed by atoms with E-state index < -0.39 is 27.8 Å². The zero-order valence-electron chi connectivity index (χ0n) is 3.94. The van der Waals surface area contributed by atoms with Gasteiger partial charge in [0.25, 0.3) is 0 Å². The van der Waals surface area contributed by atoms with Crippen molar-refractivity contribution in [2.45, 2.75) is 0 Å². The minimum atomic E-state index is -0.610. The maximum atomic E-state index is 10.1. The molecule has 7 heteroatoms. The standard InChI is InChI=1S/CH7IN5O/c3-2-7-6-1(8)5-4/h7H,3-4H2,(H2,5,6,8)/q-1. The fraction of sp³-hybridized carbons (Fsp3) is 0. The zero-order chi connectivity index (χ0) is 6.41. The SMILES string of the molecule is NNC(=O)NN[I-]N. The van der Waals surface area contributed by atoms with Crippen LogP contribution in [0.1, 0.15) is 0 Å². The molecule has 8 heavy (non-hydrogen) atoms. The number of nitrogens with two attached hydrogens (primary N) is 2. The molecule has 0 aromatic carbocycles. The first-order chi connectivity index (χ1) is 3.81. The number of hydrogen-bond donors (Lipinski definition) is 5. The van der Waals surface area contributed by atoms with E-state index in [-0.39, 0.29) is 0 Å². The fourth-order valence-corrected chi connectivity index (χ4v) is 0.507. The van der Waals surface area contributed by atoms with Crippen LogP contribution in [0.2, 0.25) is 0 Å². The molecule has 0 heterocycles. The van der Waals surface area contributed by atoms with Gasteiger partial charge in [0.1, 0.15) is 0 Å². The molecular weight excluding hydrogens is 225 g/mol. The number of amides is 2. The summed E-state index contributed by atoms with van der Waals surface area (Å²) in [5.74, 6) is 4.68. The Labute approximate surface area is 57.3 Å². The average Bonchev–Trinajstić information content (AvgIpc) is 1.83. The van der Waals surface area contributed by atoms with E-state index in [9.17, 15) is 4.79 Å². The van der Waals surface area contributed by atoms with Crippen LogP contribution in [0.3, 0.4) is 0 Å². The van der Waals surface area contributed by atoms with Gasteiger partial charge in [0, 0.05) is 0 Å². The summed E-state index contributed by atoms with van der Waals surface area (Å²) in [4.78, 5) is 10.1. The van der Waals surface area contributed by atoms with Gasteiger partial charge in [0.15, 0.2) is 0 Å². The molecule has 0 unspecified atom stereocenters. The molecule has 0 atom stereocenters. The Morgan fingerprint density at radius 1 is 1.62 bits per heavy atom. The number of carbonyl (C=O) groups is 1. The molecule has 0 bridgehead atoms. The predicted molar refractivity (Wildman–Crippen MR) is 23.2 cm³/mol. The molecule has 2 amide bonds. The second-order valence-corrected chi connectivity index (χ2v) is 1.96. The summed E-state index contributed by atoms with van der Waals surface area (Å²) in [7, 11) is 0. The minimum absolute atomic E-state index is 0.491. The van der Waals surface area contributed by atoms with Crippen molar-refractivity contribution in [3.63, 3.8) is 0 Å². The molecule has 0 rings (SSSR count). The molecule has 0 aliphatic rings. The van der Waals surface area contributed by atoms with E-state index in [4.69, 9.17) is 3.95 Å². The van der Waals surface area contributed by atoms with Gasteiger partial charge in [-0.1, -0.05) is 0 Å². The van der Waals surface area contributed by atoms with Gasteiger partial charge in [-0.15, -0.1) is 0 Å². The molecule has 6 nitrogen and oxygen atoms in total. The summed E-state index contributed by atoms with van der Waals surface area (Å²) in [6, 6.07) is -0.491. The number of hydrogen-bond acceptors (Lipinski definition) is 4. The van der Waals surface area contributed by atoms with Crippen LogP contribution >= 0.6 is 0 Å². The van der Waals surface area contributed by atoms with E-state index in [2.05, 4.69) is 14.9 Å². The number of carbonyl (C=O) groups excluding carboxylic acids is 1. The first-order valence-corrected chi connectivity index (χ1v) is 3.97. The summed E-state index contributed by atoms with van der Waals surface area (Å²) in [6.07, 6.45) is 0. The van der Waals surface area contributed by atoms with Crippen molar-refractivity contribution < 1.29 is 26.5 Å². The molecule has 0 aromatic heterocycles. The van der Waals surface area contributed by atoms with Crippen LogP contribution in [0.25, 0.3) is 0 Å². The van der Waals surface area contributed by atoms with Gasteiger partial charge in [0.2, 0.25) is 0 Å². The van der Waals surface area contributed by atoms with Crippen LogP contribution in [-0.4, -0.2) is 6.03 Å². The molecule has 0 aromatic rings. The molecule has 0 aliphatic heterocycles. The van der Waals surface area contributed by atoms with Crippen LogP contribution in [0, 0.1) is 0 Å². The van der Waals surface area contributed by atoms with Crippen LogP contribution in [0.15, 0.2) is 0 Å². The van der Waals surface area contributed by atoms with Crippen molar-refractivity contribution >= 4 is 6.03 Å². The molecule has 0 fully saturated rings. The van der Waals surface area contributed by atoms with E-state index >= 15 is 0 Å². The second-order valence-electron chi connectivity index (χ2n) is 0.802. The Morgan fingerprint density at radius 2 is 2.25 bits per heavy atom. The average molecular weight is 232 g/mol. The van der Waals surface area contributed by atoms with Crippen molar-refractivity contribution in [2.75, 3.05) is 0 Å². The third kappa shape index (κ3) is 4.05. The molecule has 50 valence electrons. The molecular formula is CH7IN5O-. The van der Waals surface area contributed by atoms with Crippen molar-refractivity contribution in [3.8, 4) is 0 Å². The molecule has 0 radical (unpaired) electrons. The Balaban J connectivity index is 2.99. The Bertz CT molecular complexity index is 74.8. The molecule has 7 N–H and O–H groups in total. The summed E-state index contributed by atoms with van der Waals surface area (Å²) in [5.41, 5.74) is 4.03. The van der Waals surface area contributed by atoms with Crippen molar-refractivity contribution in [2.24, 2.45) is 9.79 Å². The summed E-state index contributed by atoms with van der Waals surface area (Å²) in [5, 5.41) is 0. The van der Waals surface area contributed by atoms with Gasteiger partial charge < -0.3 is 0 Å². The molecule has 0 spiro atoms. The quantitative estimate of drug-likeness (QED) is 0.108. The topological polar surface area (TPSA) is 105 Å². The third-order valence-electron chi connectivity index (χ3n) is 0.346. The molecule has 0 aliphatic carbocycles. The van der Waals surface area contributed by atoms with Gasteiger partial charge in [-0.3, -0.25) is 0 Å². The number of nitrogens with one attached hydrogen (secondary N) is 3. The van der Waals surface area contributed by atoms with E-state index in [1.807, 2.05) is 5.43 Å². The van der Waals surface area contributed by atoms with Gasteiger partial charge in [-0.25, -0.2) is 0 Å². The Hall–Kier alpha value is -0.120. The maximum absolute atomic E-state index is 10.1. The van der Waals surface area contributed by atoms with E-state index in [0.717, 1.165) is 0 Å². The molecule has 0 saturated heterocycles. The monoisotopic (exact) mass is 232 g/mol. The number of rotatable bonds is 2. The summed E-state index contributed by atoms with van der Waals surface area (Å²) < 4.78 is 7.49. The summed E-state index contributed by atoms with van der Waals surface area (Å²) >= 11 is -0.610. The summed E-state index contributed by atoms with van der Waals surface area (Å²) in [6.45, 7) is 0. The van der Waals surface area contributed by atoms with Crippen molar-refractivity contribution in [1.82, 2.24) is 14.5 Å². The second kappa shape index (κ2) is 5.03. The van der Waals surface area contributed by atoms with Crippen LogP contribution in [-0.2, 0) is 0 Å². The predicted octanol–water partition coefficient (Wildman–Crippen LogP) is -5.46. The van der Waals surface area contributed by atoms with Gasteiger partial charge in [-0.2, -0.15) is 0 Å². The van der Waals surface area contributed by atoms with E-state index in [0.29, 0.717) is 0 Å². The number of hydrazine groups is 2. The van der Waals surface area contributed by atoms with Crippen LogP contribution in [0.4, 0.5) is 4.79 Å².